The highest BCUT2D eigenvalue weighted by molar-refractivity contribution is 5.67. The van der Waals surface area contributed by atoms with Crippen LogP contribution in [0.3, 0.4) is 0 Å². The van der Waals surface area contributed by atoms with Crippen molar-refractivity contribution in [2.45, 2.75) is 19.4 Å². The first-order valence-corrected chi connectivity index (χ1v) is 6.59. The molecule has 0 spiro atoms. The molecule has 0 heterocycles. The van der Waals surface area contributed by atoms with E-state index in [1.165, 1.54) is 0 Å². The molecule has 3 N–H and O–H groups in total. The molecule has 1 amide bonds. The maximum Gasteiger partial charge on any atom is 0.407 e. The van der Waals surface area contributed by atoms with Crippen LogP contribution < -0.4 is 10.6 Å². The number of aliphatic hydroxyl groups excluding tert-OH is 1. The Morgan fingerprint density at radius 1 is 1.11 bits per heavy atom. The third kappa shape index (κ3) is 8.18. The second kappa shape index (κ2) is 10.3. The Bertz CT molecular complexity index is 344. The molecule has 0 aromatic heterocycles. The lowest BCUT2D eigenvalue weighted by Gasteiger charge is -2.07. The predicted octanol–water partition coefficient (Wildman–Crippen LogP) is 1.27. The lowest BCUT2D eigenvalue weighted by atomic mass is 10.2. The van der Waals surface area contributed by atoms with Gasteiger partial charge in [-0.05, 0) is 31.5 Å². The Labute approximate surface area is 114 Å². The molecular formula is C14H22N2O3. The summed E-state index contributed by atoms with van der Waals surface area (Å²) in [6, 6.07) is 9.58. The first-order valence-electron chi connectivity index (χ1n) is 6.59. The standard InChI is InChI=1S/C14H22N2O3/c17-11-5-9-15-8-4-10-16-14(18)19-12-13-6-2-1-3-7-13/h1-3,6-7,15,17H,4-5,8-12H2,(H,16,18). The number of nitrogens with one attached hydrogen (secondary N) is 2. The molecule has 5 nitrogen and oxygen atoms in total. The zero-order valence-electron chi connectivity index (χ0n) is 11.1. The van der Waals surface area contributed by atoms with Crippen LogP contribution in [0.2, 0.25) is 0 Å². The van der Waals surface area contributed by atoms with Gasteiger partial charge in [0.25, 0.3) is 0 Å². The summed E-state index contributed by atoms with van der Waals surface area (Å²) < 4.78 is 5.07. The minimum Gasteiger partial charge on any atom is -0.445 e. The molecule has 5 heteroatoms. The van der Waals surface area contributed by atoms with Gasteiger partial charge in [0.2, 0.25) is 0 Å². The van der Waals surface area contributed by atoms with Gasteiger partial charge in [0.15, 0.2) is 0 Å². The summed E-state index contributed by atoms with van der Waals surface area (Å²) >= 11 is 0. The number of benzene rings is 1. The van der Waals surface area contributed by atoms with Crippen molar-refractivity contribution in [3.8, 4) is 0 Å². The zero-order valence-corrected chi connectivity index (χ0v) is 11.1. The van der Waals surface area contributed by atoms with Gasteiger partial charge >= 0.3 is 6.09 Å². The smallest absolute Gasteiger partial charge is 0.407 e. The lowest BCUT2D eigenvalue weighted by molar-refractivity contribution is 0.139. The number of carbonyl (C=O) groups excluding carboxylic acids is 1. The van der Waals surface area contributed by atoms with Crippen molar-refractivity contribution in [2.24, 2.45) is 0 Å². The fourth-order valence-corrected chi connectivity index (χ4v) is 1.51. The first-order chi connectivity index (χ1) is 9.33. The summed E-state index contributed by atoms with van der Waals surface area (Å²) in [7, 11) is 0. The molecule has 0 atom stereocenters. The Hall–Kier alpha value is -1.59. The maximum absolute atomic E-state index is 11.4. The van der Waals surface area contributed by atoms with E-state index in [0.29, 0.717) is 13.2 Å². The number of amides is 1. The number of ether oxygens (including phenoxy) is 1. The van der Waals surface area contributed by atoms with Crippen LogP contribution in [0.5, 0.6) is 0 Å². The summed E-state index contributed by atoms with van der Waals surface area (Å²) in [5.74, 6) is 0. The van der Waals surface area contributed by atoms with Crippen LogP contribution >= 0.6 is 0 Å². The quantitative estimate of drug-likeness (QED) is 0.589. The van der Waals surface area contributed by atoms with Gasteiger partial charge in [-0.15, -0.1) is 0 Å². The average molecular weight is 266 g/mol. The summed E-state index contributed by atoms with van der Waals surface area (Å²) in [5.41, 5.74) is 0.975. The Kier molecular flexibility index (Phi) is 8.42. The Morgan fingerprint density at radius 2 is 1.84 bits per heavy atom. The Morgan fingerprint density at radius 3 is 2.58 bits per heavy atom. The van der Waals surface area contributed by atoms with E-state index < -0.39 is 0 Å². The van der Waals surface area contributed by atoms with E-state index in [1.54, 1.807) is 0 Å². The molecule has 1 rings (SSSR count). The molecule has 106 valence electrons. The van der Waals surface area contributed by atoms with E-state index in [0.717, 1.165) is 31.5 Å². The first kappa shape index (κ1) is 15.5. The molecule has 0 aliphatic rings. The number of rotatable bonds is 9. The van der Waals surface area contributed by atoms with Crippen LogP contribution in [0.15, 0.2) is 30.3 Å². The molecule has 1 aromatic rings. The van der Waals surface area contributed by atoms with Crippen molar-refractivity contribution < 1.29 is 14.6 Å². The van der Waals surface area contributed by atoms with E-state index in [4.69, 9.17) is 9.84 Å². The molecule has 19 heavy (non-hydrogen) atoms. The average Bonchev–Trinajstić information content (AvgIpc) is 2.45. The molecule has 0 fully saturated rings. The third-order valence-corrected chi connectivity index (χ3v) is 2.52. The molecule has 0 unspecified atom stereocenters. The largest absolute Gasteiger partial charge is 0.445 e. The van der Waals surface area contributed by atoms with E-state index in [1.807, 2.05) is 30.3 Å². The van der Waals surface area contributed by atoms with Gasteiger partial charge in [0, 0.05) is 13.2 Å². The van der Waals surface area contributed by atoms with Crippen molar-refractivity contribution in [3.05, 3.63) is 35.9 Å². The number of aliphatic hydroxyl groups is 1. The van der Waals surface area contributed by atoms with Gasteiger partial charge in [-0.2, -0.15) is 0 Å². The normalized spacial score (nSPS) is 10.2. The minimum atomic E-state index is -0.390. The van der Waals surface area contributed by atoms with Gasteiger partial charge in [0.1, 0.15) is 6.61 Å². The number of hydrogen-bond acceptors (Lipinski definition) is 4. The van der Waals surface area contributed by atoms with E-state index in [9.17, 15) is 4.79 Å². The molecule has 0 saturated carbocycles. The highest BCUT2D eigenvalue weighted by Crippen LogP contribution is 2.00. The molecule has 0 aliphatic carbocycles. The highest BCUT2D eigenvalue weighted by atomic mass is 16.5. The van der Waals surface area contributed by atoms with E-state index in [-0.39, 0.29) is 12.7 Å². The van der Waals surface area contributed by atoms with Crippen LogP contribution in [0.25, 0.3) is 0 Å². The Balaban J connectivity index is 1.96. The van der Waals surface area contributed by atoms with Crippen molar-refractivity contribution >= 4 is 6.09 Å². The fourth-order valence-electron chi connectivity index (χ4n) is 1.51. The molecule has 0 radical (unpaired) electrons. The number of alkyl carbamates (subject to hydrolysis) is 1. The van der Waals surface area contributed by atoms with Gasteiger partial charge in [0.05, 0.1) is 0 Å². The van der Waals surface area contributed by atoms with Crippen LogP contribution in [-0.4, -0.2) is 37.4 Å². The van der Waals surface area contributed by atoms with E-state index >= 15 is 0 Å². The minimum absolute atomic E-state index is 0.205. The molecule has 1 aromatic carbocycles. The third-order valence-electron chi connectivity index (χ3n) is 2.52. The maximum atomic E-state index is 11.4. The second-order valence-electron chi connectivity index (χ2n) is 4.17. The fraction of sp³-hybridized carbons (Fsp3) is 0.500. The molecular weight excluding hydrogens is 244 g/mol. The zero-order chi connectivity index (χ0) is 13.8. The van der Waals surface area contributed by atoms with Crippen LogP contribution in [0, 0.1) is 0 Å². The van der Waals surface area contributed by atoms with Crippen molar-refractivity contribution in [3.63, 3.8) is 0 Å². The predicted molar refractivity (Wildman–Crippen MR) is 73.8 cm³/mol. The lowest BCUT2D eigenvalue weighted by Crippen LogP contribution is -2.28. The van der Waals surface area contributed by atoms with Crippen LogP contribution in [0.1, 0.15) is 18.4 Å². The van der Waals surface area contributed by atoms with Crippen LogP contribution in [0.4, 0.5) is 4.79 Å². The summed E-state index contributed by atoms with van der Waals surface area (Å²) in [6.07, 6.45) is 1.21. The highest BCUT2D eigenvalue weighted by Gasteiger charge is 2.01. The van der Waals surface area contributed by atoms with Crippen molar-refractivity contribution in [1.29, 1.82) is 0 Å². The topological polar surface area (TPSA) is 70.6 Å². The second-order valence-corrected chi connectivity index (χ2v) is 4.17. The van der Waals surface area contributed by atoms with Crippen molar-refractivity contribution in [1.82, 2.24) is 10.6 Å². The van der Waals surface area contributed by atoms with Gasteiger partial charge in [-0.3, -0.25) is 0 Å². The number of carbonyl (C=O) groups is 1. The monoisotopic (exact) mass is 266 g/mol. The van der Waals surface area contributed by atoms with Gasteiger partial charge in [-0.25, -0.2) is 4.79 Å². The SMILES string of the molecule is O=C(NCCCNCCCO)OCc1ccccc1. The number of hydrogen-bond donors (Lipinski definition) is 3. The van der Waals surface area contributed by atoms with Gasteiger partial charge in [-0.1, -0.05) is 30.3 Å². The molecule has 0 bridgehead atoms. The van der Waals surface area contributed by atoms with Gasteiger partial charge < -0.3 is 20.5 Å². The van der Waals surface area contributed by atoms with E-state index in [2.05, 4.69) is 10.6 Å². The van der Waals surface area contributed by atoms with Crippen molar-refractivity contribution in [2.75, 3.05) is 26.2 Å². The van der Waals surface area contributed by atoms with Crippen LogP contribution in [-0.2, 0) is 11.3 Å². The molecule has 0 saturated heterocycles. The summed E-state index contributed by atoms with van der Waals surface area (Å²) in [4.78, 5) is 11.4. The summed E-state index contributed by atoms with van der Waals surface area (Å²) in [6.45, 7) is 2.70. The summed E-state index contributed by atoms with van der Waals surface area (Å²) in [5, 5.41) is 14.4. The molecule has 0 aliphatic heterocycles.